The summed E-state index contributed by atoms with van der Waals surface area (Å²) in [5.74, 6) is 2.69. The first-order valence-electron chi connectivity index (χ1n) is 8.88. The Hall–Kier alpha value is -3.00. The van der Waals surface area contributed by atoms with Crippen molar-refractivity contribution >= 4 is 11.3 Å². The second-order valence-electron chi connectivity index (χ2n) is 6.77. The highest BCUT2D eigenvalue weighted by Gasteiger charge is 2.23. The van der Waals surface area contributed by atoms with Gasteiger partial charge in [0.05, 0.1) is 18.0 Å². The van der Waals surface area contributed by atoms with E-state index in [4.69, 9.17) is 9.72 Å². The number of H-pyrrole nitrogens is 2. The zero-order valence-electron chi connectivity index (χ0n) is 15.0. The standard InChI is InChI=1S/C19H18N6OS/c1-10(2)17-22-18(25-24-17)19-21-16-12-4-3-11(13-5-7-20-23-13)9-14(12)26-8-6-15(16)27-19/h3-5,7,9-10H,6,8H2,1-2H3,(H,20,23)(H,22,24,25). The van der Waals surface area contributed by atoms with Crippen LogP contribution in [0.25, 0.3) is 33.3 Å². The van der Waals surface area contributed by atoms with Crippen molar-refractivity contribution in [2.24, 2.45) is 0 Å². The van der Waals surface area contributed by atoms with E-state index >= 15 is 0 Å². The molecular formula is C19H18N6OS. The summed E-state index contributed by atoms with van der Waals surface area (Å²) in [5.41, 5.74) is 3.98. The average molecular weight is 378 g/mol. The molecule has 2 N–H and O–H groups in total. The van der Waals surface area contributed by atoms with E-state index in [0.29, 0.717) is 18.3 Å². The van der Waals surface area contributed by atoms with Crippen molar-refractivity contribution in [2.75, 3.05) is 6.61 Å². The molecule has 3 aromatic heterocycles. The normalized spacial score (nSPS) is 13.1. The summed E-state index contributed by atoms with van der Waals surface area (Å²) in [7, 11) is 0. The smallest absolute Gasteiger partial charge is 0.210 e. The average Bonchev–Trinajstić information content (AvgIpc) is 3.41. The van der Waals surface area contributed by atoms with Gasteiger partial charge in [0.1, 0.15) is 11.6 Å². The van der Waals surface area contributed by atoms with E-state index in [1.54, 1.807) is 17.5 Å². The molecule has 7 nitrogen and oxygen atoms in total. The lowest BCUT2D eigenvalue weighted by Crippen LogP contribution is -1.98. The van der Waals surface area contributed by atoms with Gasteiger partial charge < -0.3 is 4.74 Å². The molecule has 0 bridgehead atoms. The van der Waals surface area contributed by atoms with Gasteiger partial charge in [0.15, 0.2) is 5.01 Å². The van der Waals surface area contributed by atoms with Crippen molar-refractivity contribution in [1.29, 1.82) is 0 Å². The van der Waals surface area contributed by atoms with Gasteiger partial charge in [-0.05, 0) is 18.2 Å². The fourth-order valence-electron chi connectivity index (χ4n) is 3.13. The molecule has 0 saturated carbocycles. The molecule has 8 heteroatoms. The van der Waals surface area contributed by atoms with Crippen molar-refractivity contribution < 1.29 is 4.74 Å². The Morgan fingerprint density at radius 1 is 1.15 bits per heavy atom. The summed E-state index contributed by atoms with van der Waals surface area (Å²) in [4.78, 5) is 10.7. The largest absolute Gasteiger partial charge is 0.492 e. The third kappa shape index (κ3) is 2.82. The van der Waals surface area contributed by atoms with Gasteiger partial charge in [0.2, 0.25) is 5.82 Å². The number of nitrogens with one attached hydrogen (secondary N) is 2. The molecule has 0 atom stereocenters. The second-order valence-corrected chi connectivity index (χ2v) is 7.85. The number of fused-ring (bicyclic) bond motifs is 3. The Balaban J connectivity index is 1.57. The summed E-state index contributed by atoms with van der Waals surface area (Å²) < 4.78 is 6.00. The first-order chi connectivity index (χ1) is 13.2. The molecule has 1 aromatic carbocycles. The van der Waals surface area contributed by atoms with Crippen LogP contribution in [0.15, 0.2) is 30.5 Å². The van der Waals surface area contributed by atoms with E-state index in [0.717, 1.165) is 45.5 Å². The number of aromatic amines is 2. The minimum atomic E-state index is 0.305. The lowest BCUT2D eigenvalue weighted by Gasteiger charge is -2.08. The SMILES string of the molecule is CC(C)c1nc(-c2nc3c(s2)CCOc2cc(-c4ccn[nH]4)ccc2-3)n[nH]1. The highest BCUT2D eigenvalue weighted by Crippen LogP contribution is 2.41. The lowest BCUT2D eigenvalue weighted by atomic mass is 10.0. The minimum Gasteiger partial charge on any atom is -0.492 e. The quantitative estimate of drug-likeness (QED) is 0.561. The monoisotopic (exact) mass is 378 g/mol. The molecule has 0 aliphatic carbocycles. The van der Waals surface area contributed by atoms with Crippen molar-refractivity contribution in [3.8, 4) is 39.1 Å². The molecule has 4 heterocycles. The second kappa shape index (κ2) is 6.31. The molecule has 4 aromatic rings. The summed E-state index contributed by atoms with van der Waals surface area (Å²) in [5, 5.41) is 15.2. The Bertz CT molecular complexity index is 1100. The van der Waals surface area contributed by atoms with Gasteiger partial charge in [-0.2, -0.15) is 10.2 Å². The Labute approximate surface area is 159 Å². The highest BCUT2D eigenvalue weighted by atomic mass is 32.1. The minimum absolute atomic E-state index is 0.305. The highest BCUT2D eigenvalue weighted by molar-refractivity contribution is 7.15. The zero-order chi connectivity index (χ0) is 18.4. The number of ether oxygens (including phenoxy) is 1. The number of hydrogen-bond donors (Lipinski definition) is 2. The van der Waals surface area contributed by atoms with Crippen LogP contribution < -0.4 is 4.74 Å². The number of aromatic nitrogens is 6. The van der Waals surface area contributed by atoms with E-state index in [1.807, 2.05) is 12.1 Å². The van der Waals surface area contributed by atoms with Gasteiger partial charge in [-0.3, -0.25) is 10.2 Å². The number of benzene rings is 1. The Morgan fingerprint density at radius 2 is 2.07 bits per heavy atom. The molecule has 1 aliphatic heterocycles. The van der Waals surface area contributed by atoms with Gasteiger partial charge in [-0.1, -0.05) is 19.9 Å². The van der Waals surface area contributed by atoms with Crippen LogP contribution in [0.3, 0.4) is 0 Å². The molecule has 27 heavy (non-hydrogen) atoms. The number of rotatable bonds is 3. The number of thiazole rings is 1. The van der Waals surface area contributed by atoms with Gasteiger partial charge in [0, 0.05) is 34.5 Å². The molecule has 0 fully saturated rings. The van der Waals surface area contributed by atoms with Crippen LogP contribution in [0, 0.1) is 0 Å². The van der Waals surface area contributed by atoms with Crippen molar-refractivity contribution in [2.45, 2.75) is 26.2 Å². The maximum absolute atomic E-state index is 6.00. The van der Waals surface area contributed by atoms with Crippen molar-refractivity contribution in [3.63, 3.8) is 0 Å². The van der Waals surface area contributed by atoms with Crippen molar-refractivity contribution in [3.05, 3.63) is 41.2 Å². The first kappa shape index (κ1) is 16.2. The van der Waals surface area contributed by atoms with Gasteiger partial charge in [0.25, 0.3) is 0 Å². The summed E-state index contributed by atoms with van der Waals surface area (Å²) in [6.07, 6.45) is 2.57. The van der Waals surface area contributed by atoms with Crippen LogP contribution >= 0.6 is 11.3 Å². The molecule has 1 aliphatic rings. The lowest BCUT2D eigenvalue weighted by molar-refractivity contribution is 0.327. The van der Waals surface area contributed by atoms with Crippen molar-refractivity contribution in [1.82, 2.24) is 30.4 Å². The van der Waals surface area contributed by atoms with Gasteiger partial charge in [-0.15, -0.1) is 11.3 Å². The summed E-state index contributed by atoms with van der Waals surface area (Å²) >= 11 is 1.64. The first-order valence-corrected chi connectivity index (χ1v) is 9.70. The Morgan fingerprint density at radius 3 is 2.85 bits per heavy atom. The van der Waals surface area contributed by atoms with E-state index < -0.39 is 0 Å². The predicted molar refractivity (Wildman–Crippen MR) is 104 cm³/mol. The van der Waals surface area contributed by atoms with E-state index in [-0.39, 0.29) is 0 Å². The molecule has 0 radical (unpaired) electrons. The van der Waals surface area contributed by atoms with Gasteiger partial charge >= 0.3 is 0 Å². The number of nitrogens with zero attached hydrogens (tertiary/aromatic N) is 4. The fourth-order valence-corrected chi connectivity index (χ4v) is 4.12. The molecule has 136 valence electrons. The van der Waals surface area contributed by atoms with Crippen LogP contribution in [0.5, 0.6) is 5.75 Å². The van der Waals surface area contributed by atoms with Crippen LogP contribution in [-0.4, -0.2) is 37.0 Å². The topological polar surface area (TPSA) is 92.4 Å². The molecule has 0 unspecified atom stereocenters. The van der Waals surface area contributed by atoms with Crippen LogP contribution in [0.4, 0.5) is 0 Å². The van der Waals surface area contributed by atoms with E-state index in [9.17, 15) is 0 Å². The molecule has 0 amide bonds. The molecule has 0 saturated heterocycles. The maximum atomic E-state index is 6.00. The van der Waals surface area contributed by atoms with Crippen LogP contribution in [-0.2, 0) is 6.42 Å². The molecule has 0 spiro atoms. The van der Waals surface area contributed by atoms with Crippen LogP contribution in [0.1, 0.15) is 30.5 Å². The maximum Gasteiger partial charge on any atom is 0.210 e. The molecule has 5 rings (SSSR count). The number of hydrogen-bond acceptors (Lipinski definition) is 6. The van der Waals surface area contributed by atoms with Gasteiger partial charge in [-0.25, -0.2) is 9.97 Å². The molecular weight excluding hydrogens is 360 g/mol. The van der Waals surface area contributed by atoms with Crippen LogP contribution in [0.2, 0.25) is 0 Å². The van der Waals surface area contributed by atoms with E-state index in [2.05, 4.69) is 51.4 Å². The van der Waals surface area contributed by atoms with E-state index in [1.165, 1.54) is 4.88 Å². The fraction of sp³-hybridized carbons (Fsp3) is 0.263. The third-order valence-corrected chi connectivity index (χ3v) is 5.68. The summed E-state index contributed by atoms with van der Waals surface area (Å²) in [6, 6.07) is 8.12. The predicted octanol–water partition coefficient (Wildman–Crippen LogP) is 4.04. The third-order valence-electron chi connectivity index (χ3n) is 4.57. The zero-order valence-corrected chi connectivity index (χ0v) is 15.8. The summed E-state index contributed by atoms with van der Waals surface area (Å²) in [6.45, 7) is 4.80. The Kier molecular flexibility index (Phi) is 3.78.